The Morgan fingerprint density at radius 1 is 1.36 bits per heavy atom. The van der Waals surface area contributed by atoms with E-state index in [1.807, 2.05) is 6.92 Å². The van der Waals surface area contributed by atoms with E-state index >= 15 is 0 Å². The number of aromatic nitrogens is 2. The molecule has 0 radical (unpaired) electrons. The minimum absolute atomic E-state index is 0.0348. The highest BCUT2D eigenvalue weighted by Crippen LogP contribution is 2.33. The van der Waals surface area contributed by atoms with Crippen molar-refractivity contribution >= 4 is 10.0 Å². The van der Waals surface area contributed by atoms with Gasteiger partial charge in [-0.1, -0.05) is 12.1 Å². The third-order valence-corrected chi connectivity index (χ3v) is 6.06. The van der Waals surface area contributed by atoms with Crippen LogP contribution in [0.4, 0.5) is 4.39 Å². The van der Waals surface area contributed by atoms with E-state index in [4.69, 9.17) is 9.26 Å². The fraction of sp³-hybridized carbons (Fsp3) is 0.500. The molecule has 25 heavy (non-hydrogen) atoms. The van der Waals surface area contributed by atoms with Gasteiger partial charge >= 0.3 is 0 Å². The first-order valence-corrected chi connectivity index (χ1v) is 9.81. The molecular weight excluding hydrogens is 349 g/mol. The zero-order valence-electron chi connectivity index (χ0n) is 13.9. The molecule has 0 saturated carbocycles. The van der Waals surface area contributed by atoms with Crippen LogP contribution in [0.2, 0.25) is 0 Å². The van der Waals surface area contributed by atoms with E-state index in [-0.39, 0.29) is 30.1 Å². The van der Waals surface area contributed by atoms with Crippen molar-refractivity contribution in [1.29, 1.82) is 0 Å². The molecule has 0 N–H and O–H groups in total. The van der Waals surface area contributed by atoms with Crippen LogP contribution in [0.1, 0.15) is 43.9 Å². The highest BCUT2D eigenvalue weighted by molar-refractivity contribution is 7.89. The average Bonchev–Trinajstić information content (AvgIpc) is 3.23. The Morgan fingerprint density at radius 3 is 2.84 bits per heavy atom. The van der Waals surface area contributed by atoms with Crippen molar-refractivity contribution in [1.82, 2.24) is 14.4 Å². The molecule has 1 aromatic carbocycles. The van der Waals surface area contributed by atoms with E-state index in [9.17, 15) is 12.8 Å². The Kier molecular flexibility index (Phi) is 5.33. The maximum absolute atomic E-state index is 12.9. The summed E-state index contributed by atoms with van der Waals surface area (Å²) < 4.78 is 49.6. The number of ether oxygens (including phenoxy) is 1. The third kappa shape index (κ3) is 4.16. The van der Waals surface area contributed by atoms with Crippen molar-refractivity contribution < 1.29 is 22.1 Å². The first-order valence-electron chi connectivity index (χ1n) is 8.20. The molecule has 1 saturated heterocycles. The maximum atomic E-state index is 12.9. The Bertz CT molecular complexity index is 807. The fourth-order valence-electron chi connectivity index (χ4n) is 2.84. The smallest absolute Gasteiger partial charge is 0.264 e. The summed E-state index contributed by atoms with van der Waals surface area (Å²) in [6.07, 6.45) is 2.00. The molecule has 1 aliphatic rings. The van der Waals surface area contributed by atoms with Crippen LogP contribution >= 0.6 is 0 Å². The van der Waals surface area contributed by atoms with Gasteiger partial charge < -0.3 is 9.26 Å². The fourth-order valence-corrected chi connectivity index (χ4v) is 4.59. The Hall–Kier alpha value is -2.00. The molecular formula is C16H20FN3O4S. The van der Waals surface area contributed by atoms with Gasteiger partial charge in [-0.2, -0.15) is 9.29 Å². The van der Waals surface area contributed by atoms with Crippen molar-refractivity contribution in [3.05, 3.63) is 41.8 Å². The quantitative estimate of drug-likeness (QED) is 0.746. The molecule has 1 aromatic heterocycles. The molecule has 2 heterocycles. The second kappa shape index (κ2) is 7.49. The lowest BCUT2D eigenvalue weighted by molar-refractivity contribution is 0.241. The van der Waals surface area contributed by atoms with Crippen LogP contribution < -0.4 is 4.74 Å². The predicted octanol–water partition coefficient (Wildman–Crippen LogP) is 2.66. The van der Waals surface area contributed by atoms with Gasteiger partial charge in [0.15, 0.2) is 12.4 Å². The van der Waals surface area contributed by atoms with Crippen molar-refractivity contribution in [2.24, 2.45) is 0 Å². The molecule has 7 nitrogen and oxygen atoms in total. The summed E-state index contributed by atoms with van der Waals surface area (Å²) in [7, 11) is -3.31. The molecule has 9 heteroatoms. The summed E-state index contributed by atoms with van der Waals surface area (Å²) in [6, 6.07) is 5.21. The minimum Gasteiger partial charge on any atom is -0.484 e. The highest BCUT2D eigenvalue weighted by atomic mass is 32.2. The normalized spacial score (nSPS) is 18.6. The molecule has 3 rings (SSSR count). The number of rotatable bonds is 7. The highest BCUT2D eigenvalue weighted by Gasteiger charge is 2.37. The van der Waals surface area contributed by atoms with E-state index in [2.05, 4.69) is 10.1 Å². The number of sulfonamides is 1. The van der Waals surface area contributed by atoms with E-state index in [0.717, 1.165) is 6.42 Å². The largest absolute Gasteiger partial charge is 0.484 e. The summed E-state index contributed by atoms with van der Waals surface area (Å²) in [5.41, 5.74) is 0. The van der Waals surface area contributed by atoms with E-state index in [1.54, 1.807) is 0 Å². The van der Waals surface area contributed by atoms with E-state index < -0.39 is 10.0 Å². The lowest BCUT2D eigenvalue weighted by Crippen LogP contribution is -2.33. The third-order valence-electron chi connectivity index (χ3n) is 3.98. The summed E-state index contributed by atoms with van der Waals surface area (Å²) in [4.78, 5) is 4.27. The first kappa shape index (κ1) is 17.8. The molecule has 0 amide bonds. The second-order valence-corrected chi connectivity index (χ2v) is 7.91. The van der Waals surface area contributed by atoms with Crippen LogP contribution in [-0.2, 0) is 16.6 Å². The number of nitrogens with zero attached hydrogens (tertiary/aromatic N) is 3. The lowest BCUT2D eigenvalue weighted by atomic mass is 10.2. The van der Waals surface area contributed by atoms with Crippen LogP contribution in [0.15, 0.2) is 28.8 Å². The number of benzene rings is 1. The van der Waals surface area contributed by atoms with Gasteiger partial charge in [0.1, 0.15) is 11.6 Å². The van der Waals surface area contributed by atoms with Crippen LogP contribution in [-0.4, -0.2) is 35.2 Å². The summed E-state index contributed by atoms with van der Waals surface area (Å²) in [5, 5.41) is 3.92. The Morgan fingerprint density at radius 2 is 2.12 bits per heavy atom. The van der Waals surface area contributed by atoms with Crippen molar-refractivity contribution in [3.63, 3.8) is 0 Å². The topological polar surface area (TPSA) is 85.5 Å². The Labute approximate surface area is 145 Å². The molecule has 1 aliphatic heterocycles. The molecule has 1 unspecified atom stereocenters. The van der Waals surface area contributed by atoms with Crippen LogP contribution in [0, 0.1) is 5.82 Å². The molecule has 0 aliphatic carbocycles. The zero-order chi connectivity index (χ0) is 17.9. The van der Waals surface area contributed by atoms with E-state index in [0.29, 0.717) is 31.0 Å². The monoisotopic (exact) mass is 369 g/mol. The van der Waals surface area contributed by atoms with Crippen molar-refractivity contribution in [2.75, 3.05) is 12.3 Å². The predicted molar refractivity (Wildman–Crippen MR) is 87.8 cm³/mol. The molecule has 0 bridgehead atoms. The maximum Gasteiger partial charge on any atom is 0.264 e. The average molecular weight is 369 g/mol. The number of halogens is 1. The van der Waals surface area contributed by atoms with Gasteiger partial charge in [0.05, 0.1) is 11.8 Å². The van der Waals surface area contributed by atoms with Crippen LogP contribution in [0.3, 0.4) is 0 Å². The summed E-state index contributed by atoms with van der Waals surface area (Å²) in [6.45, 7) is 2.35. The van der Waals surface area contributed by atoms with Gasteiger partial charge in [0.25, 0.3) is 5.89 Å². The number of hydrogen-bond acceptors (Lipinski definition) is 6. The molecule has 0 spiro atoms. The second-order valence-electron chi connectivity index (χ2n) is 5.87. The minimum atomic E-state index is -3.31. The van der Waals surface area contributed by atoms with Gasteiger partial charge in [-0.15, -0.1) is 0 Å². The lowest BCUT2D eigenvalue weighted by Gasteiger charge is -2.21. The summed E-state index contributed by atoms with van der Waals surface area (Å²) >= 11 is 0. The van der Waals surface area contributed by atoms with Gasteiger partial charge in [0.2, 0.25) is 10.0 Å². The van der Waals surface area contributed by atoms with Crippen molar-refractivity contribution in [3.8, 4) is 5.75 Å². The molecule has 2 aromatic rings. The van der Waals surface area contributed by atoms with E-state index in [1.165, 1.54) is 28.6 Å². The van der Waals surface area contributed by atoms with Gasteiger partial charge in [-0.3, -0.25) is 0 Å². The molecule has 1 atom stereocenters. The van der Waals surface area contributed by atoms with Gasteiger partial charge in [0, 0.05) is 6.54 Å². The summed E-state index contributed by atoms with van der Waals surface area (Å²) in [5.74, 6) is 0.854. The number of hydrogen-bond donors (Lipinski definition) is 0. The SMILES string of the molecule is CCCS(=O)(=O)N1CCCC1c1noc(COc2ccc(F)cc2)n1. The van der Waals surface area contributed by atoms with Crippen LogP contribution in [0.5, 0.6) is 5.75 Å². The molecule has 1 fully saturated rings. The molecule has 136 valence electrons. The van der Waals surface area contributed by atoms with Gasteiger partial charge in [-0.05, 0) is 43.5 Å². The first-order chi connectivity index (χ1) is 12.0. The zero-order valence-corrected chi connectivity index (χ0v) is 14.7. The van der Waals surface area contributed by atoms with Gasteiger partial charge in [-0.25, -0.2) is 12.8 Å². The van der Waals surface area contributed by atoms with Crippen LogP contribution in [0.25, 0.3) is 0 Å². The standard InChI is InChI=1S/C16H20FN3O4S/c1-2-10-25(21,22)20-9-3-4-14(20)16-18-15(24-19-16)11-23-13-7-5-12(17)6-8-13/h5-8,14H,2-4,9-11H2,1H3. The van der Waals surface area contributed by atoms with Crippen molar-refractivity contribution in [2.45, 2.75) is 38.8 Å². The Balaban J connectivity index is 1.67.